The molecule has 0 saturated carbocycles. The first-order valence-corrected chi connectivity index (χ1v) is 4.49. The molecule has 0 aromatic heterocycles. The third-order valence-corrected chi connectivity index (χ3v) is 2.37. The van der Waals surface area contributed by atoms with E-state index < -0.39 is 5.97 Å². The van der Waals surface area contributed by atoms with Gasteiger partial charge in [-0.3, -0.25) is 0 Å². The molecule has 0 spiro atoms. The number of carbonyl (C=O) groups is 1. The van der Waals surface area contributed by atoms with Crippen LogP contribution in [-0.4, -0.2) is 11.1 Å². The summed E-state index contributed by atoms with van der Waals surface area (Å²) >= 11 is 5.69. The van der Waals surface area contributed by atoms with Crippen LogP contribution < -0.4 is 0 Å². The molecule has 2 nitrogen and oxygen atoms in total. The molecule has 0 saturated heterocycles. The van der Waals surface area contributed by atoms with E-state index in [1.807, 2.05) is 13.0 Å². The molecule has 0 aliphatic carbocycles. The first-order chi connectivity index (χ1) is 6.07. The predicted molar refractivity (Wildman–Crippen MR) is 52.4 cm³/mol. The molecule has 0 atom stereocenters. The normalized spacial score (nSPS) is 10.1. The summed E-state index contributed by atoms with van der Waals surface area (Å²) in [5, 5.41) is 8.94. The number of carboxylic acid groups (broad SMARTS) is 1. The van der Waals surface area contributed by atoms with E-state index in [-0.39, 0.29) is 5.88 Å². The standard InChI is InChI=1S/C10H11ClO2/c1-6-3-4-7(2)9(10(12)13)8(6)5-11/h3-4H,5H2,1-2H3,(H,12,13). The van der Waals surface area contributed by atoms with Crippen LogP contribution in [0.1, 0.15) is 27.0 Å². The Morgan fingerprint density at radius 1 is 1.38 bits per heavy atom. The number of alkyl halides is 1. The predicted octanol–water partition coefficient (Wildman–Crippen LogP) is 2.74. The van der Waals surface area contributed by atoms with E-state index in [1.165, 1.54) is 0 Å². The van der Waals surface area contributed by atoms with E-state index in [4.69, 9.17) is 16.7 Å². The Kier molecular flexibility index (Phi) is 2.94. The SMILES string of the molecule is Cc1ccc(C)c(C(=O)O)c1CCl. The fourth-order valence-corrected chi connectivity index (χ4v) is 1.68. The van der Waals surface area contributed by atoms with Crippen molar-refractivity contribution < 1.29 is 9.90 Å². The maximum Gasteiger partial charge on any atom is 0.336 e. The number of aryl methyl sites for hydroxylation is 2. The highest BCUT2D eigenvalue weighted by molar-refractivity contribution is 6.17. The van der Waals surface area contributed by atoms with Gasteiger partial charge in [-0.15, -0.1) is 11.6 Å². The van der Waals surface area contributed by atoms with Gasteiger partial charge in [-0.25, -0.2) is 4.79 Å². The average Bonchev–Trinajstić information content (AvgIpc) is 2.07. The monoisotopic (exact) mass is 198 g/mol. The molecule has 1 rings (SSSR count). The van der Waals surface area contributed by atoms with Gasteiger partial charge in [-0.05, 0) is 30.5 Å². The van der Waals surface area contributed by atoms with Gasteiger partial charge in [0.15, 0.2) is 0 Å². The third-order valence-electron chi connectivity index (χ3n) is 2.10. The van der Waals surface area contributed by atoms with Crippen LogP contribution in [0.15, 0.2) is 12.1 Å². The molecule has 70 valence electrons. The Hall–Kier alpha value is -1.02. The van der Waals surface area contributed by atoms with Gasteiger partial charge in [0.2, 0.25) is 0 Å². The van der Waals surface area contributed by atoms with Gasteiger partial charge in [0.1, 0.15) is 0 Å². The number of carboxylic acids is 1. The minimum Gasteiger partial charge on any atom is -0.478 e. The van der Waals surface area contributed by atoms with Gasteiger partial charge in [0, 0.05) is 5.88 Å². The van der Waals surface area contributed by atoms with E-state index >= 15 is 0 Å². The Morgan fingerprint density at radius 2 is 1.92 bits per heavy atom. The van der Waals surface area contributed by atoms with Crippen molar-refractivity contribution in [3.05, 3.63) is 34.4 Å². The highest BCUT2D eigenvalue weighted by Crippen LogP contribution is 2.20. The summed E-state index contributed by atoms with van der Waals surface area (Å²) in [6.45, 7) is 3.64. The number of aromatic carboxylic acids is 1. The number of halogens is 1. The maximum absolute atomic E-state index is 10.9. The molecule has 0 heterocycles. The summed E-state index contributed by atoms with van der Waals surface area (Å²) < 4.78 is 0. The van der Waals surface area contributed by atoms with Crippen LogP contribution in [0.2, 0.25) is 0 Å². The van der Waals surface area contributed by atoms with E-state index in [9.17, 15) is 4.79 Å². The lowest BCUT2D eigenvalue weighted by atomic mass is 9.98. The summed E-state index contributed by atoms with van der Waals surface area (Å²) in [5.41, 5.74) is 2.75. The van der Waals surface area contributed by atoms with Crippen molar-refractivity contribution in [2.75, 3.05) is 0 Å². The van der Waals surface area contributed by atoms with Crippen molar-refractivity contribution in [2.24, 2.45) is 0 Å². The van der Waals surface area contributed by atoms with E-state index in [0.29, 0.717) is 11.1 Å². The van der Waals surface area contributed by atoms with Crippen molar-refractivity contribution in [3.8, 4) is 0 Å². The van der Waals surface area contributed by atoms with Crippen molar-refractivity contribution in [2.45, 2.75) is 19.7 Å². The lowest BCUT2D eigenvalue weighted by Crippen LogP contribution is -2.05. The highest BCUT2D eigenvalue weighted by Gasteiger charge is 2.13. The summed E-state index contributed by atoms with van der Waals surface area (Å²) in [6.07, 6.45) is 0. The lowest BCUT2D eigenvalue weighted by Gasteiger charge is -2.09. The van der Waals surface area contributed by atoms with Crippen molar-refractivity contribution >= 4 is 17.6 Å². The van der Waals surface area contributed by atoms with Crippen molar-refractivity contribution in [1.82, 2.24) is 0 Å². The molecule has 13 heavy (non-hydrogen) atoms. The topological polar surface area (TPSA) is 37.3 Å². The van der Waals surface area contributed by atoms with Gasteiger partial charge in [0.05, 0.1) is 5.56 Å². The van der Waals surface area contributed by atoms with Gasteiger partial charge in [-0.2, -0.15) is 0 Å². The molecular weight excluding hydrogens is 188 g/mol. The molecule has 0 unspecified atom stereocenters. The molecule has 0 amide bonds. The second kappa shape index (κ2) is 3.79. The zero-order chi connectivity index (χ0) is 10.0. The van der Waals surface area contributed by atoms with Gasteiger partial charge < -0.3 is 5.11 Å². The maximum atomic E-state index is 10.9. The zero-order valence-corrected chi connectivity index (χ0v) is 8.35. The minimum atomic E-state index is -0.906. The van der Waals surface area contributed by atoms with Crippen LogP contribution in [-0.2, 0) is 5.88 Å². The second-order valence-corrected chi connectivity index (χ2v) is 3.26. The molecule has 1 aromatic carbocycles. The largest absolute Gasteiger partial charge is 0.478 e. The zero-order valence-electron chi connectivity index (χ0n) is 7.60. The Bertz CT molecular complexity index is 345. The van der Waals surface area contributed by atoms with Crippen LogP contribution >= 0.6 is 11.6 Å². The molecule has 0 fully saturated rings. The first kappa shape index (κ1) is 10.1. The van der Waals surface area contributed by atoms with Crippen LogP contribution in [0, 0.1) is 13.8 Å². The quantitative estimate of drug-likeness (QED) is 0.742. The highest BCUT2D eigenvalue weighted by atomic mass is 35.5. The van der Waals surface area contributed by atoms with Crippen LogP contribution in [0.25, 0.3) is 0 Å². The second-order valence-electron chi connectivity index (χ2n) is 2.99. The van der Waals surface area contributed by atoms with E-state index in [1.54, 1.807) is 13.0 Å². The fourth-order valence-electron chi connectivity index (χ4n) is 1.34. The number of hydrogen-bond donors (Lipinski definition) is 1. The Morgan fingerprint density at radius 3 is 2.31 bits per heavy atom. The molecule has 0 bridgehead atoms. The fraction of sp³-hybridized carbons (Fsp3) is 0.300. The molecule has 1 aromatic rings. The summed E-state index contributed by atoms with van der Waals surface area (Å²) in [4.78, 5) is 10.9. The molecule has 1 N–H and O–H groups in total. The Balaban J connectivity index is 3.43. The number of hydrogen-bond acceptors (Lipinski definition) is 1. The molecule has 0 aliphatic heterocycles. The number of benzene rings is 1. The van der Waals surface area contributed by atoms with E-state index in [0.717, 1.165) is 11.1 Å². The van der Waals surface area contributed by atoms with Gasteiger partial charge >= 0.3 is 5.97 Å². The minimum absolute atomic E-state index is 0.245. The van der Waals surface area contributed by atoms with Crippen molar-refractivity contribution in [1.29, 1.82) is 0 Å². The lowest BCUT2D eigenvalue weighted by molar-refractivity contribution is 0.0695. The molecule has 3 heteroatoms. The van der Waals surface area contributed by atoms with E-state index in [2.05, 4.69) is 0 Å². The van der Waals surface area contributed by atoms with Crippen LogP contribution in [0.4, 0.5) is 0 Å². The molecule has 0 aliphatic rings. The third kappa shape index (κ3) is 1.83. The van der Waals surface area contributed by atoms with Crippen LogP contribution in [0.3, 0.4) is 0 Å². The van der Waals surface area contributed by atoms with Gasteiger partial charge in [0.25, 0.3) is 0 Å². The van der Waals surface area contributed by atoms with Crippen LogP contribution in [0.5, 0.6) is 0 Å². The average molecular weight is 199 g/mol. The first-order valence-electron chi connectivity index (χ1n) is 3.96. The molecule has 0 radical (unpaired) electrons. The Labute approximate surface area is 82.2 Å². The summed E-state index contributed by atoms with van der Waals surface area (Å²) in [6, 6.07) is 3.69. The van der Waals surface area contributed by atoms with Crippen molar-refractivity contribution in [3.63, 3.8) is 0 Å². The molecular formula is C10H11ClO2. The summed E-state index contributed by atoms with van der Waals surface area (Å²) in [5.74, 6) is -0.661. The smallest absolute Gasteiger partial charge is 0.336 e. The summed E-state index contributed by atoms with van der Waals surface area (Å²) in [7, 11) is 0. The van der Waals surface area contributed by atoms with Gasteiger partial charge in [-0.1, -0.05) is 12.1 Å². The number of rotatable bonds is 2.